The van der Waals surface area contributed by atoms with Crippen LogP contribution in [0.3, 0.4) is 0 Å². The number of para-hydroxylation sites is 1. The van der Waals surface area contributed by atoms with E-state index in [4.69, 9.17) is 0 Å². The van der Waals surface area contributed by atoms with Crippen LogP contribution in [0.25, 0.3) is 0 Å². The molecule has 0 bridgehead atoms. The fraction of sp³-hybridized carbons (Fsp3) is 0.500. The molecule has 2 aliphatic heterocycles. The summed E-state index contributed by atoms with van der Waals surface area (Å²) < 4.78 is 27.0. The lowest BCUT2D eigenvalue weighted by molar-refractivity contribution is -0.126. The Labute approximate surface area is 203 Å². The third-order valence-corrected chi connectivity index (χ3v) is 8.81. The van der Waals surface area contributed by atoms with Gasteiger partial charge in [0.05, 0.1) is 4.90 Å². The molecule has 0 atom stereocenters. The van der Waals surface area contributed by atoms with Crippen LogP contribution in [-0.4, -0.2) is 75.9 Å². The van der Waals surface area contributed by atoms with E-state index in [1.165, 1.54) is 9.99 Å². The molecule has 0 saturated carbocycles. The highest BCUT2D eigenvalue weighted by Gasteiger charge is 2.31. The lowest BCUT2D eigenvalue weighted by atomic mass is 9.97. The molecule has 8 heteroatoms. The molecule has 1 N–H and O–H groups in total. The Morgan fingerprint density at radius 2 is 1.44 bits per heavy atom. The fourth-order valence-electron chi connectivity index (χ4n) is 4.78. The molecule has 184 valence electrons. The molecule has 2 aromatic rings. The number of hydrogen-bond donors (Lipinski definition) is 1. The number of nitrogens with one attached hydrogen (secondary N) is 1. The lowest BCUT2D eigenvalue weighted by Gasteiger charge is -2.36. The number of anilines is 1. The molecular weight excluding hydrogens is 448 g/mol. The maximum Gasteiger partial charge on any atom is 0.243 e. The highest BCUT2D eigenvalue weighted by molar-refractivity contribution is 7.89. The number of unbranched alkanes of at least 4 members (excludes halogenated alkanes) is 1. The standard InChI is InChI=1S/C26H36N4O3S/c31-26(23-13-17-30(18-14-23)34(32,33)25-11-5-2-6-12-25)27-15-7-8-16-28-19-21-29(22-20-28)24-9-3-1-4-10-24/h1-6,9-12,23H,7-8,13-22H2,(H,27,31). The first-order valence-electron chi connectivity index (χ1n) is 12.4. The van der Waals surface area contributed by atoms with Crippen LogP contribution in [0.15, 0.2) is 65.6 Å². The van der Waals surface area contributed by atoms with Gasteiger partial charge >= 0.3 is 0 Å². The van der Waals surface area contributed by atoms with Gasteiger partial charge in [0.25, 0.3) is 0 Å². The Morgan fingerprint density at radius 1 is 0.824 bits per heavy atom. The van der Waals surface area contributed by atoms with E-state index in [-0.39, 0.29) is 11.8 Å². The van der Waals surface area contributed by atoms with Gasteiger partial charge in [-0.1, -0.05) is 36.4 Å². The zero-order valence-corrected chi connectivity index (χ0v) is 20.6. The minimum Gasteiger partial charge on any atom is -0.369 e. The maximum absolute atomic E-state index is 12.7. The fourth-order valence-corrected chi connectivity index (χ4v) is 6.28. The van der Waals surface area contributed by atoms with E-state index in [1.54, 1.807) is 24.3 Å². The average molecular weight is 485 g/mol. The van der Waals surface area contributed by atoms with Gasteiger partial charge in [-0.2, -0.15) is 4.31 Å². The Bertz CT molecular complexity index is 1000. The molecule has 2 aromatic carbocycles. The van der Waals surface area contributed by atoms with Gasteiger partial charge in [-0.25, -0.2) is 8.42 Å². The molecule has 0 radical (unpaired) electrons. The normalized spacial score (nSPS) is 18.6. The van der Waals surface area contributed by atoms with Gasteiger partial charge in [-0.15, -0.1) is 0 Å². The zero-order valence-electron chi connectivity index (χ0n) is 19.8. The van der Waals surface area contributed by atoms with E-state index in [9.17, 15) is 13.2 Å². The monoisotopic (exact) mass is 484 g/mol. The van der Waals surface area contributed by atoms with E-state index in [2.05, 4.69) is 45.4 Å². The molecule has 0 aliphatic carbocycles. The van der Waals surface area contributed by atoms with Gasteiger partial charge in [0.2, 0.25) is 15.9 Å². The molecule has 0 unspecified atom stereocenters. The number of hydrogen-bond acceptors (Lipinski definition) is 5. The zero-order chi connectivity index (χ0) is 23.8. The second-order valence-corrected chi connectivity index (χ2v) is 11.1. The van der Waals surface area contributed by atoms with Crippen molar-refractivity contribution in [1.29, 1.82) is 0 Å². The first-order chi connectivity index (χ1) is 16.5. The van der Waals surface area contributed by atoms with E-state index in [0.717, 1.165) is 45.6 Å². The molecule has 34 heavy (non-hydrogen) atoms. The van der Waals surface area contributed by atoms with E-state index < -0.39 is 10.0 Å². The summed E-state index contributed by atoms with van der Waals surface area (Å²) in [5.74, 6) is -0.0403. The largest absolute Gasteiger partial charge is 0.369 e. The van der Waals surface area contributed by atoms with Crippen LogP contribution in [0, 0.1) is 5.92 Å². The van der Waals surface area contributed by atoms with Crippen molar-refractivity contribution in [2.75, 3.05) is 57.3 Å². The van der Waals surface area contributed by atoms with Crippen LogP contribution in [0.1, 0.15) is 25.7 Å². The molecular formula is C26H36N4O3S. The Morgan fingerprint density at radius 3 is 2.09 bits per heavy atom. The lowest BCUT2D eigenvalue weighted by Crippen LogP contribution is -2.46. The minimum absolute atomic E-state index is 0.0632. The van der Waals surface area contributed by atoms with Crippen LogP contribution in [0.4, 0.5) is 5.69 Å². The molecule has 7 nitrogen and oxygen atoms in total. The molecule has 2 aliphatic rings. The van der Waals surface area contributed by atoms with Gasteiger partial charge in [-0.3, -0.25) is 9.69 Å². The van der Waals surface area contributed by atoms with E-state index in [1.807, 2.05) is 6.07 Å². The second-order valence-electron chi connectivity index (χ2n) is 9.15. The van der Waals surface area contributed by atoms with Gasteiger partial charge in [0.1, 0.15) is 0 Å². The van der Waals surface area contributed by atoms with Crippen molar-refractivity contribution in [3.63, 3.8) is 0 Å². The molecule has 2 fully saturated rings. The third kappa shape index (κ3) is 6.37. The quantitative estimate of drug-likeness (QED) is 0.554. The number of amides is 1. The van der Waals surface area contributed by atoms with Gasteiger partial charge < -0.3 is 10.2 Å². The van der Waals surface area contributed by atoms with Gasteiger partial charge in [0.15, 0.2) is 0 Å². The molecule has 2 saturated heterocycles. The van der Waals surface area contributed by atoms with Crippen LogP contribution in [-0.2, 0) is 14.8 Å². The summed E-state index contributed by atoms with van der Waals surface area (Å²) in [5.41, 5.74) is 1.30. The minimum atomic E-state index is -3.47. The highest BCUT2D eigenvalue weighted by Crippen LogP contribution is 2.24. The van der Waals surface area contributed by atoms with E-state index in [0.29, 0.717) is 37.4 Å². The van der Waals surface area contributed by atoms with Crippen LogP contribution in [0.2, 0.25) is 0 Å². The molecule has 0 aromatic heterocycles. The Hall–Kier alpha value is -2.42. The summed E-state index contributed by atoms with van der Waals surface area (Å²) in [6, 6.07) is 19.1. The molecule has 1 amide bonds. The highest BCUT2D eigenvalue weighted by atomic mass is 32.2. The van der Waals surface area contributed by atoms with Gasteiger partial charge in [0, 0.05) is 57.4 Å². The number of carbonyl (C=O) groups is 1. The SMILES string of the molecule is O=C(NCCCCN1CCN(c2ccccc2)CC1)C1CCN(S(=O)(=O)c2ccccc2)CC1. The average Bonchev–Trinajstić information content (AvgIpc) is 2.90. The predicted octanol–water partition coefficient (Wildman–Crippen LogP) is 2.81. The molecule has 0 spiro atoms. The summed E-state index contributed by atoms with van der Waals surface area (Å²) in [7, 11) is -3.47. The topological polar surface area (TPSA) is 73.0 Å². The van der Waals surface area contributed by atoms with Crippen LogP contribution >= 0.6 is 0 Å². The summed E-state index contributed by atoms with van der Waals surface area (Å²) in [4.78, 5) is 17.8. The van der Waals surface area contributed by atoms with E-state index >= 15 is 0 Å². The molecule has 2 heterocycles. The summed E-state index contributed by atoms with van der Waals surface area (Å²) in [5, 5.41) is 3.07. The molecule has 4 rings (SSSR count). The van der Waals surface area contributed by atoms with Crippen molar-refractivity contribution >= 4 is 21.6 Å². The van der Waals surface area contributed by atoms with Crippen molar-refractivity contribution in [2.45, 2.75) is 30.6 Å². The summed E-state index contributed by atoms with van der Waals surface area (Å²) in [6.45, 7) is 6.80. The number of benzene rings is 2. The van der Waals surface area contributed by atoms with Crippen LogP contribution < -0.4 is 10.2 Å². The van der Waals surface area contributed by atoms with Crippen molar-refractivity contribution in [3.8, 4) is 0 Å². The first-order valence-corrected chi connectivity index (χ1v) is 13.8. The number of piperidine rings is 1. The van der Waals surface area contributed by atoms with Crippen molar-refractivity contribution in [3.05, 3.63) is 60.7 Å². The van der Waals surface area contributed by atoms with Crippen molar-refractivity contribution in [1.82, 2.24) is 14.5 Å². The number of carbonyl (C=O) groups excluding carboxylic acids is 1. The third-order valence-electron chi connectivity index (χ3n) is 6.90. The number of nitrogens with zero attached hydrogens (tertiary/aromatic N) is 3. The number of rotatable bonds is 9. The van der Waals surface area contributed by atoms with Crippen molar-refractivity contribution in [2.24, 2.45) is 5.92 Å². The number of piperazine rings is 1. The first kappa shape index (κ1) is 24.7. The number of sulfonamides is 1. The van der Waals surface area contributed by atoms with Crippen molar-refractivity contribution < 1.29 is 13.2 Å². The second kappa shape index (κ2) is 11.8. The Kier molecular flexibility index (Phi) is 8.59. The Balaban J connectivity index is 1.09. The van der Waals surface area contributed by atoms with Gasteiger partial charge in [-0.05, 0) is 56.5 Å². The van der Waals surface area contributed by atoms with Crippen LogP contribution in [0.5, 0.6) is 0 Å². The smallest absolute Gasteiger partial charge is 0.243 e. The predicted molar refractivity (Wildman–Crippen MR) is 135 cm³/mol. The summed E-state index contributed by atoms with van der Waals surface area (Å²) in [6.07, 6.45) is 3.18. The maximum atomic E-state index is 12.7. The summed E-state index contributed by atoms with van der Waals surface area (Å²) >= 11 is 0.